The predicted molar refractivity (Wildman–Crippen MR) is 72.8 cm³/mol. The van der Waals surface area contributed by atoms with Crippen molar-refractivity contribution in [2.24, 2.45) is 5.73 Å². The molecule has 1 aromatic rings. The van der Waals surface area contributed by atoms with Crippen molar-refractivity contribution in [2.45, 2.75) is 19.3 Å². The summed E-state index contributed by atoms with van der Waals surface area (Å²) in [6, 6.07) is 7.63. The molecular weight excluding hydrogens is 250 g/mol. The third-order valence-corrected chi connectivity index (χ3v) is 4.74. The smallest absolute Gasteiger partial charge is 0.301 e. The summed E-state index contributed by atoms with van der Waals surface area (Å²) in [5.41, 5.74) is 7.44. The van der Waals surface area contributed by atoms with E-state index in [2.05, 4.69) is 4.72 Å². The summed E-state index contributed by atoms with van der Waals surface area (Å²) in [5.74, 6) is 0.194. The van der Waals surface area contributed by atoms with E-state index in [-0.39, 0.29) is 5.92 Å². The number of nitrogens with zero attached hydrogens (tertiary/aromatic N) is 1. The SMILES string of the molecule is CCNS(=O)(=O)N1CC(CCN)c2ccccc21. The molecule has 0 saturated carbocycles. The first-order valence-corrected chi connectivity index (χ1v) is 7.60. The number of nitrogens with two attached hydrogens (primary N) is 1. The number of hydrogen-bond donors (Lipinski definition) is 2. The fourth-order valence-corrected chi connectivity index (χ4v) is 3.71. The van der Waals surface area contributed by atoms with E-state index < -0.39 is 10.2 Å². The van der Waals surface area contributed by atoms with Crippen molar-refractivity contribution >= 4 is 15.9 Å². The van der Waals surface area contributed by atoms with Gasteiger partial charge in [0, 0.05) is 19.0 Å². The van der Waals surface area contributed by atoms with Crippen LogP contribution < -0.4 is 14.8 Å². The largest absolute Gasteiger partial charge is 0.330 e. The molecule has 1 atom stereocenters. The van der Waals surface area contributed by atoms with Crippen LogP contribution in [0.4, 0.5) is 5.69 Å². The number of benzene rings is 1. The molecule has 3 N–H and O–H groups in total. The van der Waals surface area contributed by atoms with Gasteiger partial charge < -0.3 is 5.73 Å². The van der Waals surface area contributed by atoms with Crippen LogP contribution in [-0.2, 0) is 10.2 Å². The minimum absolute atomic E-state index is 0.194. The van der Waals surface area contributed by atoms with Crippen LogP contribution in [-0.4, -0.2) is 28.1 Å². The molecule has 0 aromatic heterocycles. The molecule has 6 heteroatoms. The maximum Gasteiger partial charge on any atom is 0.301 e. The molecule has 1 aliphatic rings. The molecule has 18 heavy (non-hydrogen) atoms. The zero-order valence-electron chi connectivity index (χ0n) is 10.5. The normalized spacial score (nSPS) is 19.0. The summed E-state index contributed by atoms with van der Waals surface area (Å²) in [6.45, 7) is 3.21. The van der Waals surface area contributed by atoms with E-state index in [4.69, 9.17) is 5.73 Å². The van der Waals surface area contributed by atoms with Gasteiger partial charge in [-0.3, -0.25) is 4.31 Å². The quantitative estimate of drug-likeness (QED) is 0.830. The lowest BCUT2D eigenvalue weighted by molar-refractivity contribution is 0.574. The van der Waals surface area contributed by atoms with Gasteiger partial charge in [-0.05, 0) is 24.6 Å². The average molecular weight is 269 g/mol. The lowest BCUT2D eigenvalue weighted by Crippen LogP contribution is -2.40. The van der Waals surface area contributed by atoms with Gasteiger partial charge in [-0.15, -0.1) is 0 Å². The van der Waals surface area contributed by atoms with E-state index in [9.17, 15) is 8.42 Å². The van der Waals surface area contributed by atoms with Gasteiger partial charge >= 0.3 is 10.2 Å². The zero-order valence-corrected chi connectivity index (χ0v) is 11.3. The van der Waals surface area contributed by atoms with Crippen LogP contribution in [0.5, 0.6) is 0 Å². The van der Waals surface area contributed by atoms with Gasteiger partial charge in [-0.2, -0.15) is 13.1 Å². The third kappa shape index (κ3) is 2.36. The molecule has 0 fully saturated rings. The maximum atomic E-state index is 12.1. The Bertz CT molecular complexity index is 516. The summed E-state index contributed by atoms with van der Waals surface area (Å²) < 4.78 is 28.2. The molecule has 0 aliphatic carbocycles. The van der Waals surface area contributed by atoms with Gasteiger partial charge in [0.2, 0.25) is 0 Å². The van der Waals surface area contributed by atoms with Crippen LogP contribution in [0.2, 0.25) is 0 Å². The van der Waals surface area contributed by atoms with Crippen molar-refractivity contribution in [3.63, 3.8) is 0 Å². The van der Waals surface area contributed by atoms with Gasteiger partial charge in [0.15, 0.2) is 0 Å². The van der Waals surface area contributed by atoms with Crippen molar-refractivity contribution < 1.29 is 8.42 Å². The average Bonchev–Trinajstić information content (AvgIpc) is 2.70. The Hall–Kier alpha value is -1.11. The minimum atomic E-state index is -3.43. The molecule has 0 bridgehead atoms. The van der Waals surface area contributed by atoms with Crippen LogP contribution in [0.3, 0.4) is 0 Å². The molecule has 1 unspecified atom stereocenters. The second-order valence-electron chi connectivity index (χ2n) is 4.37. The number of nitrogens with one attached hydrogen (secondary N) is 1. The van der Waals surface area contributed by atoms with Crippen LogP contribution in [0, 0.1) is 0 Å². The van der Waals surface area contributed by atoms with Gasteiger partial charge in [-0.1, -0.05) is 25.1 Å². The van der Waals surface area contributed by atoms with E-state index in [0.717, 1.165) is 17.7 Å². The molecule has 2 rings (SSSR count). The monoisotopic (exact) mass is 269 g/mol. The summed E-state index contributed by atoms with van der Waals surface area (Å²) in [7, 11) is -3.43. The van der Waals surface area contributed by atoms with Gasteiger partial charge in [-0.25, -0.2) is 0 Å². The molecule has 0 amide bonds. The Labute approximate surface area is 108 Å². The number of anilines is 1. The zero-order chi connectivity index (χ0) is 13.2. The Morgan fingerprint density at radius 2 is 2.17 bits per heavy atom. The molecule has 1 heterocycles. The number of para-hydroxylation sites is 1. The molecule has 0 spiro atoms. The van der Waals surface area contributed by atoms with Crippen molar-refractivity contribution in [3.05, 3.63) is 29.8 Å². The maximum absolute atomic E-state index is 12.1. The lowest BCUT2D eigenvalue weighted by Gasteiger charge is -2.19. The Kier molecular flexibility index (Phi) is 3.89. The van der Waals surface area contributed by atoms with E-state index >= 15 is 0 Å². The standard InChI is InChI=1S/C12H19N3O2S/c1-2-14-18(16,17)15-9-10(7-8-13)11-5-3-4-6-12(11)15/h3-6,10,14H,2,7-9,13H2,1H3. The van der Waals surface area contributed by atoms with E-state index in [1.54, 1.807) is 6.92 Å². The molecule has 1 aromatic carbocycles. The Balaban J connectivity index is 2.36. The number of fused-ring (bicyclic) bond motifs is 1. The summed E-state index contributed by atoms with van der Waals surface area (Å²) in [5, 5.41) is 0. The summed E-state index contributed by atoms with van der Waals surface area (Å²) >= 11 is 0. The molecular formula is C12H19N3O2S. The minimum Gasteiger partial charge on any atom is -0.330 e. The highest BCUT2D eigenvalue weighted by Crippen LogP contribution is 2.38. The number of rotatable bonds is 5. The van der Waals surface area contributed by atoms with Crippen molar-refractivity contribution in [1.29, 1.82) is 0 Å². The van der Waals surface area contributed by atoms with Crippen LogP contribution >= 0.6 is 0 Å². The Morgan fingerprint density at radius 1 is 1.44 bits per heavy atom. The predicted octanol–water partition coefficient (Wildman–Crippen LogP) is 0.793. The first kappa shape index (κ1) is 13.3. The van der Waals surface area contributed by atoms with E-state index in [1.807, 2.05) is 24.3 Å². The summed E-state index contributed by atoms with van der Waals surface area (Å²) in [4.78, 5) is 0. The highest BCUT2D eigenvalue weighted by atomic mass is 32.2. The second-order valence-corrected chi connectivity index (χ2v) is 6.05. The van der Waals surface area contributed by atoms with Crippen LogP contribution in [0.15, 0.2) is 24.3 Å². The van der Waals surface area contributed by atoms with Crippen molar-refractivity contribution in [2.75, 3.05) is 23.9 Å². The van der Waals surface area contributed by atoms with Gasteiger partial charge in [0.05, 0.1) is 5.69 Å². The van der Waals surface area contributed by atoms with E-state index in [0.29, 0.717) is 19.6 Å². The molecule has 0 saturated heterocycles. The lowest BCUT2D eigenvalue weighted by atomic mass is 9.98. The highest BCUT2D eigenvalue weighted by molar-refractivity contribution is 7.90. The van der Waals surface area contributed by atoms with Crippen molar-refractivity contribution in [1.82, 2.24) is 4.72 Å². The molecule has 5 nitrogen and oxygen atoms in total. The second kappa shape index (κ2) is 5.26. The third-order valence-electron chi connectivity index (χ3n) is 3.16. The van der Waals surface area contributed by atoms with Gasteiger partial charge in [0.1, 0.15) is 0 Å². The molecule has 100 valence electrons. The summed E-state index contributed by atoms with van der Waals surface area (Å²) in [6.07, 6.45) is 0.801. The topological polar surface area (TPSA) is 75.4 Å². The highest BCUT2D eigenvalue weighted by Gasteiger charge is 2.34. The van der Waals surface area contributed by atoms with Crippen LogP contribution in [0.1, 0.15) is 24.8 Å². The molecule has 1 aliphatic heterocycles. The molecule has 0 radical (unpaired) electrons. The number of hydrogen-bond acceptors (Lipinski definition) is 3. The van der Waals surface area contributed by atoms with E-state index in [1.165, 1.54) is 4.31 Å². The fourth-order valence-electron chi connectivity index (χ4n) is 2.39. The van der Waals surface area contributed by atoms with Crippen molar-refractivity contribution in [3.8, 4) is 0 Å². The first-order valence-electron chi connectivity index (χ1n) is 6.16. The fraction of sp³-hybridized carbons (Fsp3) is 0.500. The Morgan fingerprint density at radius 3 is 2.83 bits per heavy atom. The van der Waals surface area contributed by atoms with Gasteiger partial charge in [0.25, 0.3) is 0 Å². The van der Waals surface area contributed by atoms with Crippen LogP contribution in [0.25, 0.3) is 0 Å². The first-order chi connectivity index (χ1) is 8.60.